The molecule has 23 heavy (non-hydrogen) atoms. The van der Waals surface area contributed by atoms with E-state index in [1.54, 1.807) is 0 Å². The van der Waals surface area contributed by atoms with Gasteiger partial charge in [0.15, 0.2) is 0 Å². The van der Waals surface area contributed by atoms with Crippen LogP contribution in [0.25, 0.3) is 11.5 Å². The molecule has 0 unspecified atom stereocenters. The number of nitrogens with one attached hydrogen (secondary N) is 2. The van der Waals surface area contributed by atoms with Crippen LogP contribution in [0, 0.1) is 21.7 Å². The molecule has 1 aliphatic carbocycles. The summed E-state index contributed by atoms with van der Waals surface area (Å²) in [6.45, 7) is 21.5. The maximum absolute atomic E-state index is 9.04. The molecule has 7 heteroatoms. The van der Waals surface area contributed by atoms with Gasteiger partial charge in [0.05, 0.1) is 0 Å². The van der Waals surface area contributed by atoms with Crippen LogP contribution in [0.3, 0.4) is 0 Å². The van der Waals surface area contributed by atoms with Crippen molar-refractivity contribution in [1.82, 2.24) is 0 Å². The van der Waals surface area contributed by atoms with E-state index >= 15 is 0 Å². The van der Waals surface area contributed by atoms with E-state index in [0.29, 0.717) is 0 Å². The Balaban J connectivity index is -0.000000740. The fourth-order valence-electron chi connectivity index (χ4n) is 4.06. The number of halogens is 2. The molecule has 0 aromatic rings. The van der Waals surface area contributed by atoms with Gasteiger partial charge in [-0.1, -0.05) is 69.2 Å². The molecule has 4 nitrogen and oxygen atoms in total. The first kappa shape index (κ1) is 28.9. The molecule has 0 spiro atoms. The minimum absolute atomic E-state index is 0. The minimum atomic E-state index is -0.576. The van der Waals surface area contributed by atoms with E-state index in [9.17, 15) is 0 Å². The first-order valence-corrected chi connectivity index (χ1v) is 12.9. The molecule has 1 saturated carbocycles. The molecule has 0 amide bonds. The Kier molecular flexibility index (Phi) is 9.77. The van der Waals surface area contributed by atoms with Gasteiger partial charge in [0.1, 0.15) is 0 Å². The summed E-state index contributed by atoms with van der Waals surface area (Å²) >= 11 is -0.472. The molecule has 0 bridgehead atoms. The second-order valence-electron chi connectivity index (χ2n) is 8.80. The Morgan fingerprint density at radius 1 is 0.522 bits per heavy atom. The van der Waals surface area contributed by atoms with Gasteiger partial charge in [-0.2, -0.15) is 0 Å². The van der Waals surface area contributed by atoms with Gasteiger partial charge < -0.3 is 22.4 Å². The monoisotopic (exact) mass is 553 g/mol. The summed E-state index contributed by atoms with van der Waals surface area (Å²) in [5, 5.41) is 0. The summed E-state index contributed by atoms with van der Waals surface area (Å²) in [7, 11) is 9.75. The van der Waals surface area contributed by atoms with E-state index in [2.05, 4.69) is 69.2 Å². The van der Waals surface area contributed by atoms with Gasteiger partial charge in [-0.05, 0) is 21.7 Å². The molecular weight excluding hydrogens is 518 g/mol. The fraction of sp³-hybridized carbons (Fsp3) is 1.00. The molecule has 0 aromatic carbocycles. The van der Waals surface area contributed by atoms with E-state index < -0.39 is 27.6 Å². The molecular formula is C16H36Cl2N2O2Pt. The van der Waals surface area contributed by atoms with Crippen LogP contribution in [0.1, 0.15) is 69.2 Å². The van der Waals surface area contributed by atoms with E-state index in [4.69, 9.17) is 30.3 Å². The van der Waals surface area contributed by atoms with Crippen molar-refractivity contribution in [3.63, 3.8) is 0 Å². The van der Waals surface area contributed by atoms with Crippen LogP contribution in [-0.2, 0) is 16.5 Å². The van der Waals surface area contributed by atoms with Crippen molar-refractivity contribution in [3.05, 3.63) is 11.5 Å². The van der Waals surface area contributed by atoms with E-state index in [1.165, 1.54) is 0 Å². The summed E-state index contributed by atoms with van der Waals surface area (Å²) < 4.78 is 0. The zero-order chi connectivity index (χ0) is 17.7. The topological polar surface area (TPSA) is 111 Å². The van der Waals surface area contributed by atoms with E-state index in [0.717, 1.165) is 0 Å². The second kappa shape index (κ2) is 7.78. The van der Waals surface area contributed by atoms with Crippen molar-refractivity contribution in [2.45, 2.75) is 80.3 Å². The van der Waals surface area contributed by atoms with Gasteiger partial charge in [-0.3, -0.25) is 0 Å². The maximum atomic E-state index is 9.04. The number of rotatable bonds is 0. The molecule has 0 heterocycles. The Morgan fingerprint density at radius 2 is 0.609 bits per heavy atom. The average molecular weight is 554 g/mol. The third-order valence-electron chi connectivity index (χ3n) is 8.12. The summed E-state index contributed by atoms with van der Waals surface area (Å²) in [5.41, 5.74) is 16.0. The predicted octanol–water partition coefficient (Wildman–Crippen LogP) is 5.45. The van der Waals surface area contributed by atoms with Crippen LogP contribution in [0.2, 0.25) is 0 Å². The van der Waals surface area contributed by atoms with Crippen LogP contribution >= 0.6 is 18.8 Å². The van der Waals surface area contributed by atoms with Gasteiger partial charge >= 0.3 is 35.3 Å². The third-order valence-corrected chi connectivity index (χ3v) is 8.12. The van der Waals surface area contributed by atoms with Gasteiger partial charge in [0.25, 0.3) is 0 Å². The van der Waals surface area contributed by atoms with Crippen LogP contribution in [-0.4, -0.2) is 22.0 Å². The Bertz CT molecular complexity index is 278. The second-order valence-corrected chi connectivity index (χ2v) is 12.1. The Labute approximate surface area is 159 Å². The molecule has 1 fully saturated rings. The molecule has 1 aliphatic rings. The molecule has 146 valence electrons. The first-order chi connectivity index (χ1) is 8.91. The molecule has 1 rings (SSSR count). The summed E-state index contributed by atoms with van der Waals surface area (Å²) in [4.78, 5) is 0. The SMILES string of the molecule is CC1(C)C(C)(C)C(C)([NH-])C(C)(C)C(C)(C)C1(C)[NH-].O.O.[Cl][Pt+2][Cl]. The van der Waals surface area contributed by atoms with Crippen molar-refractivity contribution < 1.29 is 27.4 Å². The molecule has 6 N–H and O–H groups in total. The van der Waals surface area contributed by atoms with Gasteiger partial charge in [-0.25, -0.2) is 0 Å². The van der Waals surface area contributed by atoms with Crippen molar-refractivity contribution >= 4 is 18.8 Å². The van der Waals surface area contributed by atoms with E-state index in [-0.39, 0.29) is 32.6 Å². The molecule has 0 radical (unpaired) electrons. The zero-order valence-electron chi connectivity index (χ0n) is 16.1. The van der Waals surface area contributed by atoms with Crippen LogP contribution < -0.4 is 0 Å². The fourth-order valence-corrected chi connectivity index (χ4v) is 4.06. The summed E-state index contributed by atoms with van der Waals surface area (Å²) in [6.07, 6.45) is 0. The van der Waals surface area contributed by atoms with Crippen molar-refractivity contribution in [3.8, 4) is 0 Å². The average Bonchev–Trinajstić information content (AvgIpc) is 2.27. The van der Waals surface area contributed by atoms with Crippen molar-refractivity contribution in [2.24, 2.45) is 21.7 Å². The first-order valence-electron chi connectivity index (χ1n) is 7.24. The number of hydrogen-bond donors (Lipinski definition) is 0. The standard InChI is InChI=1S/C16H32N2.2ClH.2H2O.Pt/c1-11(2)12(3,4)16(10,18)14(7,8)13(5,6)15(11,9)17;;;;;/h17-18H,1-10H3;2*1H;2*1H2;/q-2;;;;;+4/p-2. The van der Waals surface area contributed by atoms with Gasteiger partial charge in [0, 0.05) is 0 Å². The zero-order valence-corrected chi connectivity index (χ0v) is 19.9. The van der Waals surface area contributed by atoms with Crippen LogP contribution in [0.4, 0.5) is 0 Å². The quantitative estimate of drug-likeness (QED) is 0.379. The summed E-state index contributed by atoms with van der Waals surface area (Å²) in [5.74, 6) is 0. The van der Waals surface area contributed by atoms with Crippen LogP contribution in [0.15, 0.2) is 0 Å². The molecule has 0 aromatic heterocycles. The van der Waals surface area contributed by atoms with Crippen molar-refractivity contribution in [2.75, 3.05) is 0 Å². The Hall–Kier alpha value is 1.11. The normalized spacial score (nSPS) is 35.9. The van der Waals surface area contributed by atoms with Crippen LogP contribution in [0.5, 0.6) is 0 Å². The third kappa shape index (κ3) is 3.39. The molecule has 0 saturated heterocycles. The van der Waals surface area contributed by atoms with Gasteiger partial charge in [0.2, 0.25) is 0 Å². The Morgan fingerprint density at radius 3 is 0.696 bits per heavy atom. The predicted molar refractivity (Wildman–Crippen MR) is 99.5 cm³/mol. The molecule has 0 aliphatic heterocycles. The van der Waals surface area contributed by atoms with Gasteiger partial charge in [-0.15, -0.1) is 11.1 Å². The summed E-state index contributed by atoms with van der Waals surface area (Å²) in [6, 6.07) is 0. The van der Waals surface area contributed by atoms with Crippen molar-refractivity contribution in [1.29, 1.82) is 0 Å². The van der Waals surface area contributed by atoms with E-state index in [1.807, 2.05) is 0 Å². The number of hydrogen-bond acceptors (Lipinski definition) is 0. The molecule has 0 atom stereocenters.